The smallest absolute Gasteiger partial charge is 0.395 e. The Morgan fingerprint density at radius 3 is 2.41 bits per heavy atom. The lowest BCUT2D eigenvalue weighted by Crippen LogP contribution is -2.30. The van der Waals surface area contributed by atoms with Crippen molar-refractivity contribution in [1.29, 1.82) is 0 Å². The number of anilines is 1. The third-order valence-corrected chi connectivity index (χ3v) is 2.56. The quantitative estimate of drug-likeness (QED) is 0.875. The fraction of sp³-hybridized carbons (Fsp3) is 0.600. The minimum atomic E-state index is -4.47. The molecule has 94 valence electrons. The molecule has 0 aliphatic heterocycles. The molecule has 1 heterocycles. The Kier molecular flexibility index (Phi) is 3.19. The van der Waals surface area contributed by atoms with E-state index in [0.29, 0.717) is 12.4 Å². The molecular weight excluding hydrogens is 235 g/mol. The number of alkyl halides is 3. The molecule has 1 aromatic heterocycles. The molecule has 17 heavy (non-hydrogen) atoms. The van der Waals surface area contributed by atoms with Gasteiger partial charge in [0.05, 0.1) is 6.61 Å². The highest BCUT2D eigenvalue weighted by Crippen LogP contribution is 2.31. The molecule has 0 amide bonds. The van der Waals surface area contributed by atoms with E-state index >= 15 is 0 Å². The van der Waals surface area contributed by atoms with Gasteiger partial charge in [-0.05, 0) is 25.0 Å². The lowest BCUT2D eigenvalue weighted by Gasteiger charge is -2.21. The summed E-state index contributed by atoms with van der Waals surface area (Å²) >= 11 is 0. The van der Waals surface area contributed by atoms with Crippen molar-refractivity contribution in [1.82, 2.24) is 10.2 Å². The van der Waals surface area contributed by atoms with Crippen molar-refractivity contribution in [2.45, 2.75) is 25.1 Å². The molecule has 1 N–H and O–H groups in total. The lowest BCUT2D eigenvalue weighted by atomic mass is 10.3. The van der Waals surface area contributed by atoms with Crippen molar-refractivity contribution in [3.05, 3.63) is 17.8 Å². The largest absolute Gasteiger partial charge is 0.435 e. The number of hydrogen-bond donors (Lipinski definition) is 1. The van der Waals surface area contributed by atoms with Crippen LogP contribution < -0.4 is 4.90 Å². The SMILES string of the molecule is OCCN(c1ccc(C(F)(F)F)nn1)C1CC1. The van der Waals surface area contributed by atoms with Crippen molar-refractivity contribution in [2.24, 2.45) is 0 Å². The molecule has 1 fully saturated rings. The average molecular weight is 247 g/mol. The van der Waals surface area contributed by atoms with Gasteiger partial charge in [0.25, 0.3) is 0 Å². The molecule has 0 spiro atoms. The molecule has 1 aromatic rings. The number of aliphatic hydroxyl groups is 1. The summed E-state index contributed by atoms with van der Waals surface area (Å²) in [6.07, 6.45) is -2.52. The number of nitrogens with zero attached hydrogens (tertiary/aromatic N) is 3. The van der Waals surface area contributed by atoms with Gasteiger partial charge in [-0.2, -0.15) is 13.2 Å². The molecule has 2 rings (SSSR count). The fourth-order valence-corrected chi connectivity index (χ4v) is 1.61. The standard InChI is InChI=1S/C10H12F3N3O/c11-10(12,13)8-3-4-9(15-14-8)16(5-6-17)7-1-2-7/h3-4,7,17H,1-2,5-6H2. The van der Waals surface area contributed by atoms with Gasteiger partial charge in [0.1, 0.15) is 0 Å². The maximum absolute atomic E-state index is 12.3. The summed E-state index contributed by atoms with van der Waals surface area (Å²) in [5.74, 6) is 0.384. The second-order valence-corrected chi connectivity index (χ2v) is 3.92. The molecule has 4 nitrogen and oxygen atoms in total. The van der Waals surface area contributed by atoms with Crippen LogP contribution in [0.25, 0.3) is 0 Å². The van der Waals surface area contributed by atoms with E-state index in [1.807, 2.05) is 0 Å². The average Bonchev–Trinajstić information content (AvgIpc) is 3.09. The van der Waals surface area contributed by atoms with E-state index in [0.717, 1.165) is 18.9 Å². The maximum atomic E-state index is 12.3. The first kappa shape index (κ1) is 12.1. The fourth-order valence-electron chi connectivity index (χ4n) is 1.61. The highest BCUT2D eigenvalue weighted by molar-refractivity contribution is 5.40. The van der Waals surface area contributed by atoms with Crippen LogP contribution in [0.5, 0.6) is 0 Å². The first-order valence-electron chi connectivity index (χ1n) is 5.31. The van der Waals surface area contributed by atoms with Gasteiger partial charge >= 0.3 is 6.18 Å². The minimum Gasteiger partial charge on any atom is -0.395 e. The molecule has 1 aliphatic carbocycles. The Balaban J connectivity index is 2.15. The van der Waals surface area contributed by atoms with E-state index in [4.69, 9.17) is 5.11 Å². The van der Waals surface area contributed by atoms with E-state index in [1.165, 1.54) is 6.07 Å². The Labute approximate surface area is 96.1 Å². The van der Waals surface area contributed by atoms with Crippen LogP contribution in [0.2, 0.25) is 0 Å². The third-order valence-electron chi connectivity index (χ3n) is 2.56. The Morgan fingerprint density at radius 1 is 1.29 bits per heavy atom. The second kappa shape index (κ2) is 4.48. The van der Waals surface area contributed by atoms with Gasteiger partial charge in [0, 0.05) is 12.6 Å². The van der Waals surface area contributed by atoms with Crippen LogP contribution in [0, 0.1) is 0 Å². The van der Waals surface area contributed by atoms with E-state index in [-0.39, 0.29) is 12.6 Å². The number of hydrogen-bond acceptors (Lipinski definition) is 4. The highest BCUT2D eigenvalue weighted by atomic mass is 19.4. The molecule has 0 atom stereocenters. The zero-order chi connectivity index (χ0) is 12.5. The van der Waals surface area contributed by atoms with Crippen LogP contribution in [0.3, 0.4) is 0 Å². The molecule has 0 bridgehead atoms. The summed E-state index contributed by atoms with van der Waals surface area (Å²) < 4.78 is 36.9. The van der Waals surface area contributed by atoms with Gasteiger partial charge in [-0.25, -0.2) is 0 Å². The van der Waals surface area contributed by atoms with E-state index < -0.39 is 11.9 Å². The Bertz CT molecular complexity index is 375. The van der Waals surface area contributed by atoms with Gasteiger partial charge in [0.2, 0.25) is 0 Å². The van der Waals surface area contributed by atoms with Crippen LogP contribution in [0.4, 0.5) is 19.0 Å². The molecule has 1 aliphatic rings. The number of halogens is 3. The lowest BCUT2D eigenvalue weighted by molar-refractivity contribution is -0.141. The van der Waals surface area contributed by atoms with E-state index in [9.17, 15) is 13.2 Å². The number of rotatable bonds is 4. The summed E-state index contributed by atoms with van der Waals surface area (Å²) in [7, 11) is 0. The molecule has 7 heteroatoms. The molecular formula is C10H12F3N3O. The predicted molar refractivity (Wildman–Crippen MR) is 54.5 cm³/mol. The first-order chi connectivity index (χ1) is 8.02. The summed E-state index contributed by atoms with van der Waals surface area (Å²) in [6.45, 7) is 0.309. The van der Waals surface area contributed by atoms with Crippen LogP contribution in [-0.4, -0.2) is 34.5 Å². The number of aliphatic hydroxyl groups excluding tert-OH is 1. The van der Waals surface area contributed by atoms with Gasteiger partial charge in [-0.3, -0.25) is 0 Å². The van der Waals surface area contributed by atoms with Gasteiger partial charge in [-0.15, -0.1) is 10.2 Å². The Hall–Kier alpha value is -1.37. The van der Waals surface area contributed by atoms with Crippen LogP contribution >= 0.6 is 0 Å². The molecule has 0 radical (unpaired) electrons. The summed E-state index contributed by atoms with van der Waals surface area (Å²) in [6, 6.07) is 2.48. The first-order valence-corrected chi connectivity index (χ1v) is 5.31. The monoisotopic (exact) mass is 247 g/mol. The summed E-state index contributed by atoms with van der Waals surface area (Å²) in [4.78, 5) is 1.78. The minimum absolute atomic E-state index is 0.0563. The third kappa shape index (κ3) is 2.85. The topological polar surface area (TPSA) is 49.2 Å². The maximum Gasteiger partial charge on any atom is 0.435 e. The molecule has 0 saturated heterocycles. The van der Waals surface area contributed by atoms with Crippen molar-refractivity contribution in [2.75, 3.05) is 18.1 Å². The van der Waals surface area contributed by atoms with Gasteiger partial charge in [0.15, 0.2) is 11.5 Å². The highest BCUT2D eigenvalue weighted by Gasteiger charge is 2.34. The van der Waals surface area contributed by atoms with Crippen molar-refractivity contribution in [3.8, 4) is 0 Å². The van der Waals surface area contributed by atoms with Crippen LogP contribution in [0.1, 0.15) is 18.5 Å². The van der Waals surface area contributed by atoms with Gasteiger partial charge < -0.3 is 10.0 Å². The van der Waals surface area contributed by atoms with Crippen molar-refractivity contribution in [3.63, 3.8) is 0 Å². The molecule has 1 saturated carbocycles. The van der Waals surface area contributed by atoms with Crippen molar-refractivity contribution < 1.29 is 18.3 Å². The normalized spacial score (nSPS) is 16.0. The summed E-state index contributed by atoms with van der Waals surface area (Å²) in [5.41, 5.74) is -0.999. The second-order valence-electron chi connectivity index (χ2n) is 3.92. The Morgan fingerprint density at radius 2 is 2.00 bits per heavy atom. The number of aromatic nitrogens is 2. The van der Waals surface area contributed by atoms with Gasteiger partial charge in [-0.1, -0.05) is 0 Å². The van der Waals surface area contributed by atoms with Crippen LogP contribution in [0.15, 0.2) is 12.1 Å². The van der Waals surface area contributed by atoms with Crippen molar-refractivity contribution >= 4 is 5.82 Å². The van der Waals surface area contributed by atoms with Crippen LogP contribution in [-0.2, 0) is 6.18 Å². The summed E-state index contributed by atoms with van der Waals surface area (Å²) in [5, 5.41) is 15.6. The van der Waals surface area contributed by atoms with E-state index in [1.54, 1.807) is 4.90 Å². The molecule has 0 aromatic carbocycles. The predicted octanol–water partition coefficient (Wildman–Crippen LogP) is 1.46. The zero-order valence-electron chi connectivity index (χ0n) is 8.98. The van der Waals surface area contributed by atoms with E-state index in [2.05, 4.69) is 10.2 Å². The zero-order valence-corrected chi connectivity index (χ0v) is 8.98. The molecule has 0 unspecified atom stereocenters.